The van der Waals surface area contributed by atoms with Crippen molar-refractivity contribution in [2.75, 3.05) is 6.61 Å². The molecule has 0 radical (unpaired) electrons. The van der Waals surface area contributed by atoms with E-state index in [1.807, 2.05) is 24.3 Å². The highest BCUT2D eigenvalue weighted by Gasteiger charge is 2.02. The van der Waals surface area contributed by atoms with E-state index in [1.165, 1.54) is 43.2 Å². The van der Waals surface area contributed by atoms with Gasteiger partial charge in [0.1, 0.15) is 11.5 Å². The lowest BCUT2D eigenvalue weighted by molar-refractivity contribution is 0.304. The highest BCUT2D eigenvalue weighted by molar-refractivity contribution is 5.88. The van der Waals surface area contributed by atoms with Crippen LogP contribution >= 0.6 is 0 Å². The molecule has 0 aliphatic heterocycles. The van der Waals surface area contributed by atoms with Crippen LogP contribution in [0.25, 0.3) is 21.9 Å². The molecule has 3 aromatic carbocycles. The Morgan fingerprint density at radius 3 is 2.15 bits per heavy atom. The molecule has 0 atom stereocenters. The lowest BCUT2D eigenvalue weighted by Gasteiger charge is -2.08. The SMILES string of the molecule is CCCCCCCCOc1ccc(-c2ccc3cc(O)ccc3c2)cc1. The fourth-order valence-electron chi connectivity index (χ4n) is 3.23. The maximum absolute atomic E-state index is 9.58. The zero-order valence-electron chi connectivity index (χ0n) is 15.6. The fraction of sp³-hybridized carbons (Fsp3) is 0.333. The second-order valence-electron chi connectivity index (χ2n) is 6.89. The minimum atomic E-state index is 0.303. The lowest BCUT2D eigenvalue weighted by atomic mass is 10.0. The van der Waals surface area contributed by atoms with Crippen LogP contribution in [-0.2, 0) is 0 Å². The van der Waals surface area contributed by atoms with Crippen LogP contribution < -0.4 is 4.74 Å². The number of unbranched alkanes of at least 4 members (excludes halogenated alkanes) is 5. The van der Waals surface area contributed by atoms with Crippen molar-refractivity contribution in [2.45, 2.75) is 45.4 Å². The summed E-state index contributed by atoms with van der Waals surface area (Å²) in [5.41, 5.74) is 2.34. The van der Waals surface area contributed by atoms with Crippen LogP contribution in [-0.4, -0.2) is 11.7 Å². The number of benzene rings is 3. The Kier molecular flexibility index (Phi) is 6.54. The van der Waals surface area contributed by atoms with E-state index in [4.69, 9.17) is 4.74 Å². The first-order valence-electron chi connectivity index (χ1n) is 9.72. The highest BCUT2D eigenvalue weighted by Crippen LogP contribution is 2.28. The van der Waals surface area contributed by atoms with Crippen LogP contribution in [0, 0.1) is 0 Å². The molecule has 0 aromatic heterocycles. The summed E-state index contributed by atoms with van der Waals surface area (Å²) in [5.74, 6) is 1.24. The summed E-state index contributed by atoms with van der Waals surface area (Å²) in [5, 5.41) is 11.8. The van der Waals surface area contributed by atoms with E-state index in [0.717, 1.165) is 29.5 Å². The van der Waals surface area contributed by atoms with E-state index in [1.54, 1.807) is 12.1 Å². The van der Waals surface area contributed by atoms with Crippen molar-refractivity contribution in [3.8, 4) is 22.6 Å². The Balaban J connectivity index is 1.55. The molecule has 0 saturated carbocycles. The molecular formula is C24H28O2. The molecule has 3 rings (SSSR count). The number of rotatable bonds is 9. The number of phenols is 1. The number of phenolic OH excluding ortho intramolecular Hbond substituents is 1. The van der Waals surface area contributed by atoms with Crippen molar-refractivity contribution in [1.82, 2.24) is 0 Å². The third-order valence-corrected chi connectivity index (χ3v) is 4.78. The predicted molar refractivity (Wildman–Crippen MR) is 110 cm³/mol. The molecule has 0 aliphatic carbocycles. The zero-order valence-corrected chi connectivity index (χ0v) is 15.6. The van der Waals surface area contributed by atoms with Gasteiger partial charge in [0.15, 0.2) is 0 Å². The van der Waals surface area contributed by atoms with Crippen molar-refractivity contribution in [2.24, 2.45) is 0 Å². The average Bonchev–Trinajstić information content (AvgIpc) is 2.67. The summed E-state index contributed by atoms with van der Waals surface area (Å²) in [6.07, 6.45) is 7.68. The van der Waals surface area contributed by atoms with Crippen LogP contribution in [0.1, 0.15) is 45.4 Å². The Morgan fingerprint density at radius 1 is 0.692 bits per heavy atom. The quantitative estimate of drug-likeness (QED) is 0.424. The number of hydrogen-bond donors (Lipinski definition) is 1. The topological polar surface area (TPSA) is 29.5 Å². The van der Waals surface area contributed by atoms with Crippen LogP contribution in [0.5, 0.6) is 11.5 Å². The van der Waals surface area contributed by atoms with Gasteiger partial charge >= 0.3 is 0 Å². The van der Waals surface area contributed by atoms with Gasteiger partial charge in [-0.3, -0.25) is 0 Å². The van der Waals surface area contributed by atoms with Crippen molar-refractivity contribution in [3.05, 3.63) is 60.7 Å². The molecule has 0 fully saturated rings. The monoisotopic (exact) mass is 348 g/mol. The summed E-state index contributed by atoms with van der Waals surface area (Å²) in [7, 11) is 0. The Labute approximate surface area is 156 Å². The summed E-state index contributed by atoms with van der Waals surface area (Å²) < 4.78 is 5.86. The largest absolute Gasteiger partial charge is 0.508 e. The number of ether oxygens (including phenoxy) is 1. The second kappa shape index (κ2) is 9.28. The van der Waals surface area contributed by atoms with Crippen molar-refractivity contribution in [3.63, 3.8) is 0 Å². The van der Waals surface area contributed by atoms with Crippen LogP contribution in [0.2, 0.25) is 0 Å². The minimum absolute atomic E-state index is 0.303. The summed E-state index contributed by atoms with van der Waals surface area (Å²) in [6, 6.07) is 20.1. The van der Waals surface area contributed by atoms with Gasteiger partial charge < -0.3 is 9.84 Å². The molecule has 0 amide bonds. The second-order valence-corrected chi connectivity index (χ2v) is 6.89. The number of fused-ring (bicyclic) bond motifs is 1. The maximum atomic E-state index is 9.58. The first kappa shape index (κ1) is 18.3. The minimum Gasteiger partial charge on any atom is -0.508 e. The standard InChI is InChI=1S/C24H28O2/c1-2-3-4-5-6-7-16-26-24-14-11-19(12-15-24)20-8-9-22-18-23(25)13-10-21(22)17-20/h8-15,17-18,25H,2-7,16H2,1H3. The molecule has 136 valence electrons. The molecule has 0 unspecified atom stereocenters. The van der Waals surface area contributed by atoms with E-state index >= 15 is 0 Å². The zero-order chi connectivity index (χ0) is 18.2. The third-order valence-electron chi connectivity index (χ3n) is 4.78. The van der Waals surface area contributed by atoms with Gasteiger partial charge in [-0.15, -0.1) is 0 Å². The molecule has 3 aromatic rings. The van der Waals surface area contributed by atoms with E-state index < -0.39 is 0 Å². The molecule has 2 nitrogen and oxygen atoms in total. The molecular weight excluding hydrogens is 320 g/mol. The average molecular weight is 348 g/mol. The van der Waals surface area contributed by atoms with Crippen molar-refractivity contribution < 1.29 is 9.84 Å². The molecule has 0 bridgehead atoms. The Bertz CT molecular complexity index is 821. The molecule has 0 heterocycles. The molecule has 1 N–H and O–H groups in total. The smallest absolute Gasteiger partial charge is 0.119 e. The van der Waals surface area contributed by atoms with E-state index in [-0.39, 0.29) is 0 Å². The molecule has 0 spiro atoms. The molecule has 0 aliphatic rings. The summed E-state index contributed by atoms with van der Waals surface area (Å²) in [4.78, 5) is 0. The van der Waals surface area contributed by atoms with Crippen molar-refractivity contribution in [1.29, 1.82) is 0 Å². The van der Waals surface area contributed by atoms with Gasteiger partial charge in [-0.25, -0.2) is 0 Å². The van der Waals surface area contributed by atoms with Gasteiger partial charge in [0.25, 0.3) is 0 Å². The highest BCUT2D eigenvalue weighted by atomic mass is 16.5. The van der Waals surface area contributed by atoms with Gasteiger partial charge in [-0.1, -0.05) is 69.4 Å². The Morgan fingerprint density at radius 2 is 1.35 bits per heavy atom. The maximum Gasteiger partial charge on any atom is 0.119 e. The van der Waals surface area contributed by atoms with E-state index in [0.29, 0.717) is 5.75 Å². The summed E-state index contributed by atoms with van der Waals surface area (Å²) >= 11 is 0. The van der Waals surface area contributed by atoms with Gasteiger partial charge in [0.05, 0.1) is 6.61 Å². The first-order valence-corrected chi connectivity index (χ1v) is 9.72. The van der Waals surface area contributed by atoms with Crippen LogP contribution in [0.3, 0.4) is 0 Å². The number of hydrogen-bond acceptors (Lipinski definition) is 2. The molecule has 26 heavy (non-hydrogen) atoms. The fourth-order valence-corrected chi connectivity index (χ4v) is 3.23. The van der Waals surface area contributed by atoms with Gasteiger partial charge in [-0.05, 0) is 58.7 Å². The number of aromatic hydroxyl groups is 1. The van der Waals surface area contributed by atoms with Crippen molar-refractivity contribution >= 4 is 10.8 Å². The molecule has 2 heteroatoms. The van der Waals surface area contributed by atoms with Gasteiger partial charge in [0.2, 0.25) is 0 Å². The van der Waals surface area contributed by atoms with Gasteiger partial charge in [0, 0.05) is 0 Å². The third kappa shape index (κ3) is 5.01. The van der Waals surface area contributed by atoms with E-state index in [9.17, 15) is 5.11 Å². The summed E-state index contributed by atoms with van der Waals surface area (Å²) in [6.45, 7) is 3.04. The lowest BCUT2D eigenvalue weighted by Crippen LogP contribution is -1.97. The first-order chi connectivity index (χ1) is 12.8. The van der Waals surface area contributed by atoms with E-state index in [2.05, 4.69) is 31.2 Å². The van der Waals surface area contributed by atoms with Gasteiger partial charge in [-0.2, -0.15) is 0 Å². The normalized spacial score (nSPS) is 11.0. The predicted octanol–water partition coefficient (Wildman–Crippen LogP) is 6.95. The van der Waals surface area contributed by atoms with Crippen LogP contribution in [0.15, 0.2) is 60.7 Å². The molecule has 0 saturated heterocycles. The van der Waals surface area contributed by atoms with Crippen LogP contribution in [0.4, 0.5) is 0 Å². The Hall–Kier alpha value is -2.48.